The number of amides is 1. The summed E-state index contributed by atoms with van der Waals surface area (Å²) in [6, 6.07) is 12.8. The predicted octanol–water partition coefficient (Wildman–Crippen LogP) is 2.73. The fourth-order valence-corrected chi connectivity index (χ4v) is 4.82. The van der Waals surface area contributed by atoms with Crippen LogP contribution in [0.1, 0.15) is 17.5 Å². The number of sulfone groups is 1. The van der Waals surface area contributed by atoms with Crippen LogP contribution in [0.4, 0.5) is 4.39 Å². The van der Waals surface area contributed by atoms with Gasteiger partial charge in [0.15, 0.2) is 16.4 Å². The summed E-state index contributed by atoms with van der Waals surface area (Å²) >= 11 is 0. The van der Waals surface area contributed by atoms with Crippen LogP contribution in [0, 0.1) is 12.7 Å². The number of halogens is 1. The van der Waals surface area contributed by atoms with Crippen molar-refractivity contribution in [2.24, 2.45) is 0 Å². The topological polar surface area (TPSA) is 63.7 Å². The van der Waals surface area contributed by atoms with Gasteiger partial charge in [0.1, 0.15) is 11.6 Å². The van der Waals surface area contributed by atoms with Crippen molar-refractivity contribution >= 4 is 15.7 Å². The normalized spacial score (nSPS) is 18.2. The van der Waals surface area contributed by atoms with Crippen molar-refractivity contribution in [1.29, 1.82) is 0 Å². The molecule has 0 bridgehead atoms. The number of carbonyl (C=O) groups is 1. The van der Waals surface area contributed by atoms with Crippen molar-refractivity contribution < 1.29 is 22.3 Å². The molecule has 1 amide bonds. The minimum absolute atomic E-state index is 0.0511. The molecule has 2 aromatic rings. The molecule has 0 saturated carbocycles. The van der Waals surface area contributed by atoms with E-state index in [-0.39, 0.29) is 36.4 Å². The lowest BCUT2D eigenvalue weighted by molar-refractivity contribution is -0.136. The van der Waals surface area contributed by atoms with Gasteiger partial charge in [-0.25, -0.2) is 12.8 Å². The van der Waals surface area contributed by atoms with E-state index in [0.29, 0.717) is 12.2 Å². The van der Waals surface area contributed by atoms with Gasteiger partial charge in [-0.2, -0.15) is 0 Å². The number of aryl methyl sites for hydroxylation is 1. The number of hydrogen-bond donors (Lipinski definition) is 0. The summed E-state index contributed by atoms with van der Waals surface area (Å²) in [5.74, 6) is -0.0479. The van der Waals surface area contributed by atoms with Gasteiger partial charge in [-0.05, 0) is 43.2 Å². The van der Waals surface area contributed by atoms with Gasteiger partial charge in [-0.15, -0.1) is 0 Å². The average molecular weight is 391 g/mol. The highest BCUT2D eigenvalue weighted by Crippen LogP contribution is 2.21. The molecule has 0 aliphatic carbocycles. The van der Waals surface area contributed by atoms with Crippen LogP contribution in [-0.2, 0) is 21.2 Å². The first kappa shape index (κ1) is 19.4. The van der Waals surface area contributed by atoms with Gasteiger partial charge >= 0.3 is 0 Å². The van der Waals surface area contributed by atoms with Crippen molar-refractivity contribution in [1.82, 2.24) is 4.90 Å². The Hall–Kier alpha value is -2.41. The van der Waals surface area contributed by atoms with Crippen molar-refractivity contribution in [3.63, 3.8) is 0 Å². The van der Waals surface area contributed by atoms with Gasteiger partial charge in [-0.1, -0.05) is 29.8 Å². The largest absolute Gasteiger partial charge is 0.484 e. The van der Waals surface area contributed by atoms with Gasteiger partial charge in [0.25, 0.3) is 5.91 Å². The minimum atomic E-state index is -3.14. The molecule has 0 spiro atoms. The van der Waals surface area contributed by atoms with Crippen molar-refractivity contribution in [3.8, 4) is 5.75 Å². The van der Waals surface area contributed by atoms with Crippen LogP contribution in [0.15, 0.2) is 48.5 Å². The van der Waals surface area contributed by atoms with Gasteiger partial charge < -0.3 is 9.64 Å². The number of benzene rings is 2. The van der Waals surface area contributed by atoms with E-state index in [0.717, 1.165) is 11.1 Å². The lowest BCUT2D eigenvalue weighted by atomic mass is 10.1. The zero-order valence-corrected chi connectivity index (χ0v) is 15.9. The van der Waals surface area contributed by atoms with Crippen LogP contribution in [0.5, 0.6) is 5.75 Å². The Kier molecular flexibility index (Phi) is 5.79. The molecule has 7 heteroatoms. The standard InChI is InChI=1S/C20H22FNO4S/c1-15-2-8-19(9-3-15)26-13-20(23)22(18-10-11-27(24,25)14-18)12-16-4-6-17(21)7-5-16/h2-9,18H,10-14H2,1H3/t18-/m1/s1. The Morgan fingerprint density at radius 2 is 1.81 bits per heavy atom. The monoisotopic (exact) mass is 391 g/mol. The maximum atomic E-state index is 13.1. The Balaban J connectivity index is 1.72. The third-order valence-electron chi connectivity index (χ3n) is 4.62. The van der Waals surface area contributed by atoms with Crippen molar-refractivity contribution in [2.75, 3.05) is 18.1 Å². The van der Waals surface area contributed by atoms with Gasteiger partial charge in [0.05, 0.1) is 11.5 Å². The third-order valence-corrected chi connectivity index (χ3v) is 6.37. The van der Waals surface area contributed by atoms with Gasteiger partial charge in [0.2, 0.25) is 0 Å². The molecular weight excluding hydrogens is 369 g/mol. The number of ether oxygens (including phenoxy) is 1. The SMILES string of the molecule is Cc1ccc(OCC(=O)N(Cc2ccc(F)cc2)[C@@H]2CCS(=O)(=O)C2)cc1. The molecule has 3 rings (SSSR count). The quantitative estimate of drug-likeness (QED) is 0.760. The van der Waals surface area contributed by atoms with Crippen molar-refractivity contribution in [2.45, 2.75) is 25.9 Å². The first-order chi connectivity index (χ1) is 12.8. The zero-order chi connectivity index (χ0) is 19.4. The minimum Gasteiger partial charge on any atom is -0.484 e. The fourth-order valence-electron chi connectivity index (χ4n) is 3.09. The average Bonchev–Trinajstić information content (AvgIpc) is 3.00. The molecule has 0 radical (unpaired) electrons. The Labute approximate surface area is 158 Å². The van der Waals surface area contributed by atoms with E-state index in [1.165, 1.54) is 17.0 Å². The van der Waals surface area contributed by atoms with Gasteiger partial charge in [0, 0.05) is 12.6 Å². The summed E-state index contributed by atoms with van der Waals surface area (Å²) in [6.07, 6.45) is 0.403. The lowest BCUT2D eigenvalue weighted by Crippen LogP contribution is -2.43. The molecule has 0 aromatic heterocycles. The van der Waals surface area contributed by atoms with Crippen LogP contribution in [-0.4, -0.2) is 43.4 Å². The van der Waals surface area contributed by atoms with E-state index in [1.54, 1.807) is 24.3 Å². The number of rotatable bonds is 6. The number of hydrogen-bond acceptors (Lipinski definition) is 4. The maximum absolute atomic E-state index is 13.1. The van der Waals surface area contributed by atoms with Crippen LogP contribution >= 0.6 is 0 Å². The van der Waals surface area contributed by atoms with Crippen LogP contribution < -0.4 is 4.74 Å². The van der Waals surface area contributed by atoms with Crippen LogP contribution in [0.3, 0.4) is 0 Å². The Morgan fingerprint density at radius 3 is 2.41 bits per heavy atom. The van der Waals surface area contributed by atoms with E-state index in [4.69, 9.17) is 4.74 Å². The molecular formula is C20H22FNO4S. The second-order valence-electron chi connectivity index (χ2n) is 6.81. The molecule has 1 aliphatic heterocycles. The molecule has 1 fully saturated rings. The van der Waals surface area contributed by atoms with Crippen molar-refractivity contribution in [3.05, 3.63) is 65.5 Å². The molecule has 1 atom stereocenters. The highest BCUT2D eigenvalue weighted by molar-refractivity contribution is 7.91. The zero-order valence-electron chi connectivity index (χ0n) is 15.1. The summed E-state index contributed by atoms with van der Waals surface area (Å²) in [6.45, 7) is 2.00. The van der Waals surface area contributed by atoms with E-state index in [1.807, 2.05) is 19.1 Å². The molecule has 27 heavy (non-hydrogen) atoms. The van der Waals surface area contributed by atoms with Gasteiger partial charge in [-0.3, -0.25) is 4.79 Å². The lowest BCUT2D eigenvalue weighted by Gasteiger charge is -2.28. The first-order valence-corrected chi connectivity index (χ1v) is 10.6. The highest BCUT2D eigenvalue weighted by Gasteiger charge is 2.34. The Morgan fingerprint density at radius 1 is 1.15 bits per heavy atom. The molecule has 0 N–H and O–H groups in total. The first-order valence-electron chi connectivity index (χ1n) is 8.76. The van der Waals surface area contributed by atoms with E-state index in [2.05, 4.69) is 0 Å². The molecule has 1 heterocycles. The summed E-state index contributed by atoms with van der Waals surface area (Å²) in [5, 5.41) is 0. The summed E-state index contributed by atoms with van der Waals surface area (Å²) in [4.78, 5) is 14.3. The molecule has 5 nitrogen and oxygen atoms in total. The predicted molar refractivity (Wildman–Crippen MR) is 101 cm³/mol. The van der Waals surface area contributed by atoms with Crippen LogP contribution in [0.2, 0.25) is 0 Å². The van der Waals surface area contributed by atoms with E-state index < -0.39 is 15.9 Å². The molecule has 0 unspecified atom stereocenters. The summed E-state index contributed by atoms with van der Waals surface area (Å²) < 4.78 is 42.4. The molecule has 1 saturated heterocycles. The molecule has 1 aliphatic rings. The fraction of sp³-hybridized carbons (Fsp3) is 0.350. The number of nitrogens with zero attached hydrogens (tertiary/aromatic N) is 1. The summed E-state index contributed by atoms with van der Waals surface area (Å²) in [7, 11) is -3.14. The maximum Gasteiger partial charge on any atom is 0.261 e. The molecule has 144 valence electrons. The smallest absolute Gasteiger partial charge is 0.261 e. The second kappa shape index (κ2) is 8.08. The van der Waals surface area contributed by atoms with Crippen LogP contribution in [0.25, 0.3) is 0 Å². The summed E-state index contributed by atoms with van der Waals surface area (Å²) in [5.41, 5.74) is 1.83. The van der Waals surface area contributed by atoms with E-state index in [9.17, 15) is 17.6 Å². The third kappa shape index (κ3) is 5.29. The molecule has 2 aromatic carbocycles. The highest BCUT2D eigenvalue weighted by atomic mass is 32.2. The van der Waals surface area contributed by atoms with E-state index >= 15 is 0 Å². The number of carbonyl (C=O) groups excluding carboxylic acids is 1. The second-order valence-corrected chi connectivity index (χ2v) is 9.04. The Bertz CT molecular complexity index is 895.